The molecule has 2 aromatic rings. The van der Waals surface area contributed by atoms with Gasteiger partial charge in [0.25, 0.3) is 5.69 Å². The van der Waals surface area contributed by atoms with E-state index in [1.165, 1.54) is 12.1 Å². The molecule has 0 saturated heterocycles. The summed E-state index contributed by atoms with van der Waals surface area (Å²) in [5.41, 5.74) is -1.40. The monoisotopic (exact) mass is 326 g/mol. The van der Waals surface area contributed by atoms with E-state index in [0.29, 0.717) is 0 Å². The van der Waals surface area contributed by atoms with E-state index in [1.807, 2.05) is 0 Å². The summed E-state index contributed by atoms with van der Waals surface area (Å²) in [4.78, 5) is 10.2. The molecule has 2 aromatic carbocycles. The van der Waals surface area contributed by atoms with Crippen molar-refractivity contribution in [2.75, 3.05) is 0 Å². The molecule has 22 heavy (non-hydrogen) atoms. The molecule has 0 atom stereocenters. The summed E-state index contributed by atoms with van der Waals surface area (Å²) in [5, 5.41) is 19.8. The first-order valence-electron chi connectivity index (χ1n) is 5.80. The van der Waals surface area contributed by atoms with Gasteiger partial charge in [-0.1, -0.05) is 29.8 Å². The maximum absolute atomic E-state index is 12.6. The second kappa shape index (κ2) is 5.66. The van der Waals surface area contributed by atoms with Crippen molar-refractivity contribution >= 4 is 17.3 Å². The SMILES string of the molecule is N#Cc1c(-c2ccc(C(F)(F)F)cc2Cl)cccc1[N+](=O)[O-]. The van der Waals surface area contributed by atoms with Gasteiger partial charge in [0.1, 0.15) is 11.6 Å². The number of hydrogen-bond donors (Lipinski definition) is 0. The second-order valence-corrected chi connectivity index (χ2v) is 4.67. The van der Waals surface area contributed by atoms with Crippen molar-refractivity contribution in [2.45, 2.75) is 6.18 Å². The quantitative estimate of drug-likeness (QED) is 0.587. The van der Waals surface area contributed by atoms with Crippen LogP contribution in [0.15, 0.2) is 36.4 Å². The summed E-state index contributed by atoms with van der Waals surface area (Å²) in [5.74, 6) is 0. The molecule has 2 rings (SSSR count). The Hall–Kier alpha value is -2.59. The van der Waals surface area contributed by atoms with Crippen LogP contribution < -0.4 is 0 Å². The lowest BCUT2D eigenvalue weighted by molar-refractivity contribution is -0.385. The van der Waals surface area contributed by atoms with E-state index >= 15 is 0 Å². The van der Waals surface area contributed by atoms with Crippen LogP contribution in [-0.2, 0) is 6.18 Å². The van der Waals surface area contributed by atoms with Crippen LogP contribution in [0.25, 0.3) is 11.1 Å². The van der Waals surface area contributed by atoms with Crippen molar-refractivity contribution < 1.29 is 18.1 Å². The number of nitriles is 1. The molecule has 0 aliphatic rings. The lowest BCUT2D eigenvalue weighted by atomic mass is 9.98. The van der Waals surface area contributed by atoms with Gasteiger partial charge in [0.15, 0.2) is 0 Å². The summed E-state index contributed by atoms with van der Waals surface area (Å²) in [6.07, 6.45) is -4.55. The molecular formula is C14H6ClF3N2O2. The lowest BCUT2D eigenvalue weighted by Gasteiger charge is -2.11. The first kappa shape index (κ1) is 15.8. The molecule has 0 saturated carbocycles. The van der Waals surface area contributed by atoms with Gasteiger partial charge in [0.2, 0.25) is 0 Å². The number of hydrogen-bond acceptors (Lipinski definition) is 3. The van der Waals surface area contributed by atoms with Gasteiger partial charge in [-0.05, 0) is 12.1 Å². The standard InChI is InChI=1S/C14H6ClF3N2O2/c15-12-6-8(14(16,17)18)4-5-10(12)9-2-1-3-13(20(21)22)11(9)7-19/h1-6H. The molecule has 0 fully saturated rings. The number of halogens is 4. The van der Waals surface area contributed by atoms with Crippen molar-refractivity contribution in [2.24, 2.45) is 0 Å². The summed E-state index contributed by atoms with van der Waals surface area (Å²) < 4.78 is 37.9. The average Bonchev–Trinajstić information content (AvgIpc) is 2.45. The Bertz CT molecular complexity index is 798. The highest BCUT2D eigenvalue weighted by Crippen LogP contribution is 2.38. The summed E-state index contributed by atoms with van der Waals surface area (Å²) in [6.45, 7) is 0. The fourth-order valence-corrected chi connectivity index (χ4v) is 2.23. The minimum atomic E-state index is -4.55. The topological polar surface area (TPSA) is 66.9 Å². The first-order valence-corrected chi connectivity index (χ1v) is 6.18. The Morgan fingerprint density at radius 2 is 1.86 bits per heavy atom. The highest BCUT2D eigenvalue weighted by molar-refractivity contribution is 6.33. The smallest absolute Gasteiger partial charge is 0.258 e. The van der Waals surface area contributed by atoms with Gasteiger partial charge in [-0.3, -0.25) is 10.1 Å². The maximum atomic E-state index is 12.6. The fraction of sp³-hybridized carbons (Fsp3) is 0.0714. The molecule has 4 nitrogen and oxygen atoms in total. The van der Waals surface area contributed by atoms with E-state index in [2.05, 4.69) is 0 Å². The third kappa shape index (κ3) is 2.87. The van der Waals surface area contributed by atoms with Gasteiger partial charge < -0.3 is 0 Å². The van der Waals surface area contributed by atoms with Gasteiger partial charge in [-0.15, -0.1) is 0 Å². The Balaban J connectivity index is 2.66. The molecule has 112 valence electrons. The van der Waals surface area contributed by atoms with Crippen molar-refractivity contribution in [1.29, 1.82) is 5.26 Å². The molecule has 0 spiro atoms. The summed E-state index contributed by atoms with van der Waals surface area (Å²) >= 11 is 5.85. The molecule has 0 aliphatic heterocycles. The maximum Gasteiger partial charge on any atom is 0.416 e. The summed E-state index contributed by atoms with van der Waals surface area (Å²) in [7, 11) is 0. The van der Waals surface area contributed by atoms with Crippen LogP contribution in [0.5, 0.6) is 0 Å². The van der Waals surface area contributed by atoms with Crippen molar-refractivity contribution in [3.8, 4) is 17.2 Å². The van der Waals surface area contributed by atoms with Crippen LogP contribution in [0.1, 0.15) is 11.1 Å². The third-order valence-corrected chi connectivity index (χ3v) is 3.25. The Morgan fingerprint density at radius 3 is 2.36 bits per heavy atom. The minimum absolute atomic E-state index is 0.107. The molecule has 0 heterocycles. The van der Waals surface area contributed by atoms with Gasteiger partial charge in [-0.25, -0.2) is 0 Å². The second-order valence-electron chi connectivity index (χ2n) is 4.26. The molecule has 0 unspecified atom stereocenters. The molecule has 0 aromatic heterocycles. The van der Waals surface area contributed by atoms with Crippen LogP contribution in [0.2, 0.25) is 5.02 Å². The predicted molar refractivity (Wildman–Crippen MR) is 73.3 cm³/mol. The van der Waals surface area contributed by atoms with E-state index in [9.17, 15) is 23.3 Å². The van der Waals surface area contributed by atoms with Crippen LogP contribution in [0, 0.1) is 21.4 Å². The average molecular weight is 327 g/mol. The number of nitro benzene ring substituents is 1. The van der Waals surface area contributed by atoms with Gasteiger partial charge >= 0.3 is 6.18 Å². The number of nitrogens with zero attached hydrogens (tertiary/aromatic N) is 2. The molecule has 0 N–H and O–H groups in total. The zero-order valence-corrected chi connectivity index (χ0v) is 11.4. The van der Waals surface area contributed by atoms with Crippen molar-refractivity contribution in [1.82, 2.24) is 0 Å². The summed E-state index contributed by atoms with van der Waals surface area (Å²) in [6, 6.07) is 8.17. The predicted octanol–water partition coefficient (Wildman–Crippen LogP) is 4.81. The molecule has 8 heteroatoms. The van der Waals surface area contributed by atoms with E-state index in [4.69, 9.17) is 16.9 Å². The van der Waals surface area contributed by atoms with E-state index < -0.39 is 22.4 Å². The number of nitro groups is 1. The zero-order chi connectivity index (χ0) is 16.5. The number of rotatable bonds is 2. The Labute approximate surface area is 127 Å². The molecule has 0 radical (unpaired) electrons. The molecule has 0 aliphatic carbocycles. The van der Waals surface area contributed by atoms with Crippen molar-refractivity contribution in [3.05, 3.63) is 62.7 Å². The molecule has 0 bridgehead atoms. The van der Waals surface area contributed by atoms with Crippen molar-refractivity contribution in [3.63, 3.8) is 0 Å². The van der Waals surface area contributed by atoms with E-state index in [-0.39, 0.29) is 21.7 Å². The van der Waals surface area contributed by atoms with Crippen LogP contribution in [0.4, 0.5) is 18.9 Å². The lowest BCUT2D eigenvalue weighted by Crippen LogP contribution is -2.04. The minimum Gasteiger partial charge on any atom is -0.258 e. The Morgan fingerprint density at radius 1 is 1.18 bits per heavy atom. The Kier molecular flexibility index (Phi) is 4.06. The molecule has 0 amide bonds. The van der Waals surface area contributed by atoms with Crippen LogP contribution >= 0.6 is 11.6 Å². The van der Waals surface area contributed by atoms with Gasteiger partial charge in [0, 0.05) is 22.2 Å². The van der Waals surface area contributed by atoms with E-state index in [0.717, 1.165) is 24.3 Å². The molecular weight excluding hydrogens is 321 g/mol. The van der Waals surface area contributed by atoms with Gasteiger partial charge in [-0.2, -0.15) is 18.4 Å². The highest BCUT2D eigenvalue weighted by atomic mass is 35.5. The third-order valence-electron chi connectivity index (χ3n) is 2.94. The highest BCUT2D eigenvalue weighted by Gasteiger charge is 2.31. The van der Waals surface area contributed by atoms with Crippen LogP contribution in [0.3, 0.4) is 0 Å². The largest absolute Gasteiger partial charge is 0.416 e. The van der Waals surface area contributed by atoms with E-state index in [1.54, 1.807) is 6.07 Å². The van der Waals surface area contributed by atoms with Gasteiger partial charge in [0.05, 0.1) is 10.5 Å². The zero-order valence-electron chi connectivity index (χ0n) is 10.7. The normalized spacial score (nSPS) is 11.0. The first-order chi connectivity index (χ1) is 10.3. The number of benzene rings is 2. The number of alkyl halides is 3. The van der Waals surface area contributed by atoms with Crippen LogP contribution in [-0.4, -0.2) is 4.92 Å². The fourth-order valence-electron chi connectivity index (χ4n) is 1.94.